The van der Waals surface area contributed by atoms with Crippen molar-refractivity contribution in [3.63, 3.8) is 0 Å². The predicted molar refractivity (Wildman–Crippen MR) is 80.0 cm³/mol. The SMILES string of the molecule is SCC(COc1cccc(Cl)c1)c1ccccc1. The third-order valence-electron chi connectivity index (χ3n) is 2.74. The van der Waals surface area contributed by atoms with Gasteiger partial charge in [0.15, 0.2) is 0 Å². The maximum Gasteiger partial charge on any atom is 0.120 e. The molecule has 1 unspecified atom stereocenters. The summed E-state index contributed by atoms with van der Waals surface area (Å²) in [5, 5.41) is 0.689. The van der Waals surface area contributed by atoms with Crippen molar-refractivity contribution in [2.45, 2.75) is 5.92 Å². The Labute approximate surface area is 118 Å². The molecular formula is C15H15ClOS. The predicted octanol–water partition coefficient (Wildman–Crippen LogP) is 4.43. The Morgan fingerprint density at radius 1 is 1.06 bits per heavy atom. The van der Waals surface area contributed by atoms with E-state index in [2.05, 4.69) is 24.8 Å². The van der Waals surface area contributed by atoms with Crippen LogP contribution in [0.25, 0.3) is 0 Å². The summed E-state index contributed by atoms with van der Waals surface area (Å²) < 4.78 is 5.76. The van der Waals surface area contributed by atoms with E-state index in [0.29, 0.717) is 11.6 Å². The molecule has 0 spiro atoms. The first-order valence-corrected chi connectivity index (χ1v) is 6.85. The van der Waals surface area contributed by atoms with Crippen LogP contribution >= 0.6 is 24.2 Å². The van der Waals surface area contributed by atoms with Gasteiger partial charge in [0.1, 0.15) is 5.75 Å². The number of hydrogen-bond donors (Lipinski definition) is 1. The van der Waals surface area contributed by atoms with E-state index >= 15 is 0 Å². The minimum absolute atomic E-state index is 0.286. The molecule has 1 atom stereocenters. The van der Waals surface area contributed by atoms with Gasteiger partial charge in [0.25, 0.3) is 0 Å². The summed E-state index contributed by atoms with van der Waals surface area (Å²) in [7, 11) is 0. The van der Waals surface area contributed by atoms with Crippen molar-refractivity contribution in [2.24, 2.45) is 0 Å². The van der Waals surface area contributed by atoms with Gasteiger partial charge in [0, 0.05) is 16.7 Å². The number of rotatable bonds is 5. The summed E-state index contributed by atoms with van der Waals surface area (Å²) in [5.74, 6) is 1.84. The number of hydrogen-bond acceptors (Lipinski definition) is 2. The van der Waals surface area contributed by atoms with Crippen LogP contribution in [0.1, 0.15) is 11.5 Å². The lowest BCUT2D eigenvalue weighted by molar-refractivity contribution is 0.298. The van der Waals surface area contributed by atoms with Crippen molar-refractivity contribution in [3.05, 3.63) is 65.2 Å². The standard InChI is InChI=1S/C15H15ClOS/c16-14-7-4-8-15(9-14)17-10-13(11-18)12-5-2-1-3-6-12/h1-9,13,18H,10-11H2. The average Bonchev–Trinajstić information content (AvgIpc) is 2.41. The van der Waals surface area contributed by atoms with E-state index in [1.807, 2.05) is 42.5 Å². The first-order chi connectivity index (χ1) is 8.79. The summed E-state index contributed by atoms with van der Waals surface area (Å²) >= 11 is 10.3. The molecule has 0 radical (unpaired) electrons. The molecule has 1 nitrogen and oxygen atoms in total. The molecule has 0 aliphatic rings. The molecule has 2 aromatic rings. The molecule has 0 N–H and O–H groups in total. The lowest BCUT2D eigenvalue weighted by Crippen LogP contribution is -2.11. The zero-order chi connectivity index (χ0) is 12.8. The Morgan fingerprint density at radius 2 is 1.83 bits per heavy atom. The van der Waals surface area contributed by atoms with E-state index in [1.165, 1.54) is 5.56 Å². The highest BCUT2D eigenvalue weighted by Gasteiger charge is 2.10. The van der Waals surface area contributed by atoms with Gasteiger partial charge in [-0.2, -0.15) is 12.6 Å². The maximum absolute atomic E-state index is 5.92. The average molecular weight is 279 g/mol. The van der Waals surface area contributed by atoms with Gasteiger partial charge in [0.05, 0.1) is 6.61 Å². The van der Waals surface area contributed by atoms with Crippen LogP contribution in [0.5, 0.6) is 5.75 Å². The Balaban J connectivity index is 2.00. The molecule has 0 aliphatic carbocycles. The Bertz CT molecular complexity index is 487. The van der Waals surface area contributed by atoms with Crippen LogP contribution in [-0.4, -0.2) is 12.4 Å². The molecule has 2 rings (SSSR count). The molecule has 0 aliphatic heterocycles. The fourth-order valence-electron chi connectivity index (χ4n) is 1.73. The number of halogens is 1. The van der Waals surface area contributed by atoms with E-state index in [4.69, 9.17) is 16.3 Å². The summed E-state index contributed by atoms with van der Waals surface area (Å²) in [6.07, 6.45) is 0. The molecule has 3 heteroatoms. The number of benzene rings is 2. The summed E-state index contributed by atoms with van der Waals surface area (Å²) in [6, 6.07) is 17.7. The largest absolute Gasteiger partial charge is 0.493 e. The van der Waals surface area contributed by atoms with Gasteiger partial charge in [-0.3, -0.25) is 0 Å². The molecule has 2 aromatic carbocycles. The molecule has 0 bridgehead atoms. The Kier molecular flexibility index (Phi) is 4.97. The lowest BCUT2D eigenvalue weighted by Gasteiger charge is -2.16. The Morgan fingerprint density at radius 3 is 2.50 bits per heavy atom. The molecule has 0 fully saturated rings. The molecule has 0 amide bonds. The van der Waals surface area contributed by atoms with E-state index in [0.717, 1.165) is 11.5 Å². The maximum atomic E-state index is 5.92. The van der Waals surface area contributed by atoms with Crippen molar-refractivity contribution in [3.8, 4) is 5.75 Å². The summed E-state index contributed by atoms with van der Waals surface area (Å²) in [6.45, 7) is 0.605. The van der Waals surface area contributed by atoms with Gasteiger partial charge < -0.3 is 4.74 Å². The van der Waals surface area contributed by atoms with Gasteiger partial charge in [-0.15, -0.1) is 0 Å². The van der Waals surface area contributed by atoms with Crippen LogP contribution in [0.15, 0.2) is 54.6 Å². The van der Waals surface area contributed by atoms with Crippen molar-refractivity contribution < 1.29 is 4.74 Å². The molecule has 0 saturated heterocycles. The van der Waals surface area contributed by atoms with Crippen LogP contribution in [0.2, 0.25) is 5.02 Å². The number of ether oxygens (including phenoxy) is 1. The quantitative estimate of drug-likeness (QED) is 0.796. The highest BCUT2D eigenvalue weighted by molar-refractivity contribution is 7.80. The zero-order valence-corrected chi connectivity index (χ0v) is 11.6. The van der Waals surface area contributed by atoms with E-state index in [1.54, 1.807) is 0 Å². The first-order valence-electron chi connectivity index (χ1n) is 5.84. The van der Waals surface area contributed by atoms with E-state index in [9.17, 15) is 0 Å². The third-order valence-corrected chi connectivity index (χ3v) is 3.41. The normalized spacial score (nSPS) is 12.1. The first kappa shape index (κ1) is 13.3. The van der Waals surface area contributed by atoms with Crippen LogP contribution in [-0.2, 0) is 0 Å². The van der Waals surface area contributed by atoms with Gasteiger partial charge in [-0.25, -0.2) is 0 Å². The highest BCUT2D eigenvalue weighted by atomic mass is 35.5. The second-order valence-corrected chi connectivity index (χ2v) is 4.86. The van der Waals surface area contributed by atoms with Crippen molar-refractivity contribution in [1.82, 2.24) is 0 Å². The zero-order valence-electron chi connectivity index (χ0n) is 9.92. The summed E-state index contributed by atoms with van der Waals surface area (Å²) in [4.78, 5) is 0. The summed E-state index contributed by atoms with van der Waals surface area (Å²) in [5.41, 5.74) is 1.24. The fourth-order valence-corrected chi connectivity index (χ4v) is 2.23. The van der Waals surface area contributed by atoms with Crippen LogP contribution in [0.3, 0.4) is 0 Å². The minimum Gasteiger partial charge on any atom is -0.493 e. The molecule has 94 valence electrons. The highest BCUT2D eigenvalue weighted by Crippen LogP contribution is 2.21. The molecular weight excluding hydrogens is 264 g/mol. The lowest BCUT2D eigenvalue weighted by atomic mass is 10.0. The molecule has 0 saturated carbocycles. The van der Waals surface area contributed by atoms with Crippen molar-refractivity contribution in [2.75, 3.05) is 12.4 Å². The monoisotopic (exact) mass is 278 g/mol. The third kappa shape index (κ3) is 3.69. The van der Waals surface area contributed by atoms with Crippen molar-refractivity contribution >= 4 is 24.2 Å². The topological polar surface area (TPSA) is 9.23 Å². The molecule has 0 heterocycles. The molecule has 0 aromatic heterocycles. The van der Waals surface area contributed by atoms with Gasteiger partial charge in [-0.05, 0) is 23.8 Å². The van der Waals surface area contributed by atoms with Gasteiger partial charge >= 0.3 is 0 Å². The van der Waals surface area contributed by atoms with Crippen molar-refractivity contribution in [1.29, 1.82) is 0 Å². The van der Waals surface area contributed by atoms with E-state index in [-0.39, 0.29) is 5.92 Å². The second kappa shape index (κ2) is 6.72. The molecule has 18 heavy (non-hydrogen) atoms. The number of thiol groups is 1. The van der Waals surface area contributed by atoms with Crippen LogP contribution in [0.4, 0.5) is 0 Å². The minimum atomic E-state index is 0.286. The van der Waals surface area contributed by atoms with Crippen LogP contribution in [0, 0.1) is 0 Å². The fraction of sp³-hybridized carbons (Fsp3) is 0.200. The second-order valence-electron chi connectivity index (χ2n) is 4.06. The Hall–Kier alpha value is -1.12. The smallest absolute Gasteiger partial charge is 0.120 e. The van der Waals surface area contributed by atoms with Gasteiger partial charge in [-0.1, -0.05) is 48.0 Å². The van der Waals surface area contributed by atoms with Crippen LogP contribution < -0.4 is 4.74 Å². The van der Waals surface area contributed by atoms with Gasteiger partial charge in [0.2, 0.25) is 0 Å². The van der Waals surface area contributed by atoms with E-state index < -0.39 is 0 Å².